The van der Waals surface area contributed by atoms with Gasteiger partial charge in [-0.15, -0.1) is 0 Å². The molecule has 0 fully saturated rings. The smallest absolute Gasteiger partial charge is 0.300 e. The van der Waals surface area contributed by atoms with E-state index in [0.29, 0.717) is 0 Å². The lowest BCUT2D eigenvalue weighted by Crippen LogP contribution is -2.29. The molecule has 0 saturated carbocycles. The number of benzene rings is 1. The predicted octanol–water partition coefficient (Wildman–Crippen LogP) is 2.93. The summed E-state index contributed by atoms with van der Waals surface area (Å²) in [5.41, 5.74) is 5.67. The fraction of sp³-hybridized carbons (Fsp3) is 0.267. The Balaban J connectivity index is 1.94. The number of nitrogens with two attached hydrogens (primary N) is 1. The van der Waals surface area contributed by atoms with Crippen LogP contribution in [0.2, 0.25) is 0 Å². The van der Waals surface area contributed by atoms with E-state index in [4.69, 9.17) is 10.3 Å². The van der Waals surface area contributed by atoms with Crippen LogP contribution in [0.4, 0.5) is 0 Å². The van der Waals surface area contributed by atoms with Gasteiger partial charge in [0, 0.05) is 17.1 Å². The molecule has 106 valence electrons. The zero-order valence-electron chi connectivity index (χ0n) is 11.6. The third-order valence-electron chi connectivity index (χ3n) is 2.98. The van der Waals surface area contributed by atoms with Gasteiger partial charge in [0.25, 0.3) is 0 Å². The van der Waals surface area contributed by atoms with Crippen molar-refractivity contribution in [2.45, 2.75) is 25.4 Å². The van der Waals surface area contributed by atoms with Gasteiger partial charge in [-0.3, -0.25) is 10.2 Å². The first-order chi connectivity index (χ1) is 9.60. The Labute approximate surface area is 122 Å². The number of carbonyl (C=O) groups is 1. The SMILES string of the molecule is Cc1cccc(CSCc2cc(C(=O)NN)oc2C)c1. The van der Waals surface area contributed by atoms with Gasteiger partial charge in [-0.25, -0.2) is 5.84 Å². The highest BCUT2D eigenvalue weighted by molar-refractivity contribution is 7.97. The van der Waals surface area contributed by atoms with Crippen LogP contribution in [0.1, 0.15) is 33.0 Å². The maximum Gasteiger partial charge on any atom is 0.300 e. The average Bonchev–Trinajstić information content (AvgIpc) is 2.80. The summed E-state index contributed by atoms with van der Waals surface area (Å²) in [7, 11) is 0. The molecule has 0 spiro atoms. The molecule has 20 heavy (non-hydrogen) atoms. The molecule has 0 aliphatic rings. The number of thioether (sulfide) groups is 1. The minimum absolute atomic E-state index is 0.260. The predicted molar refractivity (Wildman–Crippen MR) is 81.3 cm³/mol. The van der Waals surface area contributed by atoms with Crippen molar-refractivity contribution in [2.24, 2.45) is 5.84 Å². The molecule has 0 radical (unpaired) electrons. The monoisotopic (exact) mass is 290 g/mol. The molecule has 1 aromatic carbocycles. The van der Waals surface area contributed by atoms with E-state index in [-0.39, 0.29) is 5.76 Å². The largest absolute Gasteiger partial charge is 0.456 e. The zero-order valence-corrected chi connectivity index (χ0v) is 12.4. The Morgan fingerprint density at radius 3 is 2.80 bits per heavy atom. The zero-order chi connectivity index (χ0) is 14.5. The Morgan fingerprint density at radius 1 is 1.30 bits per heavy atom. The van der Waals surface area contributed by atoms with E-state index in [0.717, 1.165) is 22.8 Å². The number of aryl methyl sites for hydroxylation is 2. The van der Waals surface area contributed by atoms with Crippen molar-refractivity contribution in [3.63, 3.8) is 0 Å². The molecule has 0 aliphatic heterocycles. The fourth-order valence-corrected chi connectivity index (χ4v) is 2.95. The standard InChI is InChI=1S/C15H18N2O2S/c1-10-4-3-5-12(6-10)8-20-9-13-7-14(15(18)17-16)19-11(13)2/h3-7H,8-9,16H2,1-2H3,(H,17,18). The highest BCUT2D eigenvalue weighted by Gasteiger charge is 2.13. The molecular formula is C15H18N2O2S. The topological polar surface area (TPSA) is 68.3 Å². The number of carbonyl (C=O) groups excluding carboxylic acids is 1. The number of nitrogens with one attached hydrogen (secondary N) is 1. The number of hydrogen-bond donors (Lipinski definition) is 2. The van der Waals surface area contributed by atoms with Crippen LogP contribution in [0.5, 0.6) is 0 Å². The molecule has 1 amide bonds. The lowest BCUT2D eigenvalue weighted by atomic mass is 10.2. The number of furan rings is 1. The molecule has 0 atom stereocenters. The van der Waals surface area contributed by atoms with Crippen molar-refractivity contribution < 1.29 is 9.21 Å². The highest BCUT2D eigenvalue weighted by Crippen LogP contribution is 2.23. The van der Waals surface area contributed by atoms with Gasteiger partial charge in [0.2, 0.25) is 0 Å². The van der Waals surface area contributed by atoms with E-state index in [1.165, 1.54) is 11.1 Å². The summed E-state index contributed by atoms with van der Waals surface area (Å²) in [4.78, 5) is 11.4. The van der Waals surface area contributed by atoms with E-state index < -0.39 is 5.91 Å². The van der Waals surface area contributed by atoms with Crippen molar-refractivity contribution in [1.29, 1.82) is 0 Å². The Hall–Kier alpha value is -1.72. The van der Waals surface area contributed by atoms with Crippen LogP contribution in [0.25, 0.3) is 0 Å². The van der Waals surface area contributed by atoms with Gasteiger partial charge in [0.05, 0.1) is 0 Å². The summed E-state index contributed by atoms with van der Waals surface area (Å²) in [6.45, 7) is 3.95. The lowest BCUT2D eigenvalue weighted by Gasteiger charge is -2.02. The van der Waals surface area contributed by atoms with Crippen LogP contribution in [-0.2, 0) is 11.5 Å². The van der Waals surface area contributed by atoms with Crippen LogP contribution in [0.3, 0.4) is 0 Å². The first kappa shape index (κ1) is 14.7. The third kappa shape index (κ3) is 3.65. The number of nitrogen functional groups attached to an aromatic ring is 1. The van der Waals surface area contributed by atoms with Crippen molar-refractivity contribution in [3.05, 3.63) is 58.5 Å². The van der Waals surface area contributed by atoms with E-state index in [2.05, 4.69) is 36.6 Å². The first-order valence-electron chi connectivity index (χ1n) is 6.33. The normalized spacial score (nSPS) is 10.6. The molecule has 2 aromatic rings. The van der Waals surface area contributed by atoms with E-state index in [9.17, 15) is 4.79 Å². The van der Waals surface area contributed by atoms with Gasteiger partial charge in [-0.2, -0.15) is 11.8 Å². The molecule has 1 aromatic heterocycles. The molecular weight excluding hydrogens is 272 g/mol. The quantitative estimate of drug-likeness (QED) is 0.505. The second-order valence-electron chi connectivity index (χ2n) is 4.65. The summed E-state index contributed by atoms with van der Waals surface area (Å²) < 4.78 is 5.38. The molecule has 2 rings (SSSR count). The van der Waals surface area contributed by atoms with Crippen LogP contribution >= 0.6 is 11.8 Å². The van der Waals surface area contributed by atoms with Crippen molar-refractivity contribution >= 4 is 17.7 Å². The summed E-state index contributed by atoms with van der Waals surface area (Å²) >= 11 is 1.79. The second-order valence-corrected chi connectivity index (χ2v) is 5.63. The molecule has 4 nitrogen and oxygen atoms in total. The number of rotatable bonds is 5. The molecule has 0 unspecified atom stereocenters. The molecule has 3 N–H and O–H groups in total. The molecule has 0 saturated heterocycles. The van der Waals surface area contributed by atoms with Crippen molar-refractivity contribution in [2.75, 3.05) is 0 Å². The summed E-state index contributed by atoms with van der Waals surface area (Å²) in [6.07, 6.45) is 0. The van der Waals surface area contributed by atoms with E-state index >= 15 is 0 Å². The first-order valence-corrected chi connectivity index (χ1v) is 7.49. The molecule has 0 bridgehead atoms. The Morgan fingerprint density at radius 2 is 2.10 bits per heavy atom. The van der Waals surface area contributed by atoms with Crippen molar-refractivity contribution in [1.82, 2.24) is 5.43 Å². The molecule has 1 heterocycles. The highest BCUT2D eigenvalue weighted by atomic mass is 32.2. The van der Waals surface area contributed by atoms with Crippen LogP contribution in [0.15, 0.2) is 34.7 Å². The van der Waals surface area contributed by atoms with Gasteiger partial charge in [0.15, 0.2) is 5.76 Å². The minimum atomic E-state index is -0.400. The summed E-state index contributed by atoms with van der Waals surface area (Å²) in [6, 6.07) is 10.2. The average molecular weight is 290 g/mol. The Bertz CT molecular complexity index is 608. The maximum atomic E-state index is 11.4. The number of hydrazine groups is 1. The third-order valence-corrected chi connectivity index (χ3v) is 4.04. The maximum absolute atomic E-state index is 11.4. The van der Waals surface area contributed by atoms with Gasteiger partial charge in [-0.05, 0) is 25.5 Å². The lowest BCUT2D eigenvalue weighted by molar-refractivity contribution is 0.0924. The Kier molecular flexibility index (Phi) is 4.87. The van der Waals surface area contributed by atoms with Gasteiger partial charge < -0.3 is 4.42 Å². The van der Waals surface area contributed by atoms with Crippen LogP contribution < -0.4 is 11.3 Å². The van der Waals surface area contributed by atoms with Crippen molar-refractivity contribution in [3.8, 4) is 0 Å². The molecule has 0 aliphatic carbocycles. The summed E-state index contributed by atoms with van der Waals surface area (Å²) in [5.74, 6) is 7.46. The van der Waals surface area contributed by atoms with E-state index in [1.807, 2.05) is 6.92 Å². The van der Waals surface area contributed by atoms with Gasteiger partial charge in [-0.1, -0.05) is 29.8 Å². The fourth-order valence-electron chi connectivity index (χ4n) is 1.93. The number of hydrogen-bond acceptors (Lipinski definition) is 4. The van der Waals surface area contributed by atoms with Gasteiger partial charge in [0.1, 0.15) is 5.76 Å². The van der Waals surface area contributed by atoms with Crippen LogP contribution in [-0.4, -0.2) is 5.91 Å². The minimum Gasteiger partial charge on any atom is -0.456 e. The summed E-state index contributed by atoms with van der Waals surface area (Å²) in [5, 5.41) is 0. The number of amides is 1. The van der Waals surface area contributed by atoms with Crippen LogP contribution in [0, 0.1) is 13.8 Å². The second kappa shape index (κ2) is 6.63. The van der Waals surface area contributed by atoms with Gasteiger partial charge >= 0.3 is 5.91 Å². The van der Waals surface area contributed by atoms with E-state index in [1.54, 1.807) is 17.8 Å². The molecule has 5 heteroatoms.